The summed E-state index contributed by atoms with van der Waals surface area (Å²) in [6.07, 6.45) is 5.56. The van der Waals surface area contributed by atoms with Gasteiger partial charge in [0, 0.05) is 19.0 Å². The van der Waals surface area contributed by atoms with Gasteiger partial charge in [-0.3, -0.25) is 9.69 Å². The molecule has 1 saturated carbocycles. The highest BCUT2D eigenvalue weighted by Crippen LogP contribution is 2.29. The molecule has 2 nitrogen and oxygen atoms in total. The lowest BCUT2D eigenvalue weighted by molar-refractivity contribution is -0.126. The summed E-state index contributed by atoms with van der Waals surface area (Å²) in [4.78, 5) is 14.2. The summed E-state index contributed by atoms with van der Waals surface area (Å²) in [6.45, 7) is 5.70. The normalized spacial score (nSPS) is 40.4. The van der Waals surface area contributed by atoms with Gasteiger partial charge in [0.05, 0.1) is 6.04 Å². The molecule has 2 rings (SSSR count). The first-order valence-electron chi connectivity index (χ1n) is 5.97. The van der Waals surface area contributed by atoms with Gasteiger partial charge in [-0.15, -0.1) is 0 Å². The molecule has 0 aromatic carbocycles. The van der Waals surface area contributed by atoms with Crippen LogP contribution in [0.1, 0.15) is 46.0 Å². The third kappa shape index (κ3) is 1.85. The van der Waals surface area contributed by atoms with Gasteiger partial charge >= 0.3 is 0 Å². The number of likely N-dealkylation sites (tertiary alicyclic amines) is 1. The topological polar surface area (TPSA) is 20.3 Å². The lowest BCUT2D eigenvalue weighted by Gasteiger charge is -2.32. The summed E-state index contributed by atoms with van der Waals surface area (Å²) >= 11 is 0. The molecule has 3 atom stereocenters. The molecule has 0 radical (unpaired) electrons. The minimum Gasteiger partial charge on any atom is -0.298 e. The van der Waals surface area contributed by atoms with Gasteiger partial charge in [0.2, 0.25) is 0 Å². The second kappa shape index (κ2) is 4.01. The highest BCUT2D eigenvalue weighted by Gasteiger charge is 2.35. The van der Waals surface area contributed by atoms with Crippen LogP contribution in [-0.4, -0.2) is 29.3 Å². The maximum atomic E-state index is 11.8. The summed E-state index contributed by atoms with van der Waals surface area (Å²) in [5.41, 5.74) is 0. The van der Waals surface area contributed by atoms with Crippen molar-refractivity contribution in [1.29, 1.82) is 0 Å². The number of hydrogen-bond acceptors (Lipinski definition) is 2. The minimum absolute atomic E-state index is 0.267. The van der Waals surface area contributed by atoms with E-state index in [9.17, 15) is 4.79 Å². The van der Waals surface area contributed by atoms with Gasteiger partial charge in [-0.05, 0) is 32.1 Å². The number of nitrogens with zero attached hydrogens (tertiary/aromatic N) is 1. The van der Waals surface area contributed by atoms with Crippen LogP contribution in [0.15, 0.2) is 0 Å². The van der Waals surface area contributed by atoms with E-state index in [0.717, 1.165) is 31.7 Å². The Morgan fingerprint density at radius 1 is 1.29 bits per heavy atom. The van der Waals surface area contributed by atoms with Crippen molar-refractivity contribution >= 4 is 5.78 Å². The van der Waals surface area contributed by atoms with Gasteiger partial charge in [-0.25, -0.2) is 0 Å². The van der Waals surface area contributed by atoms with Crippen molar-refractivity contribution in [1.82, 2.24) is 4.90 Å². The summed E-state index contributed by atoms with van der Waals surface area (Å²) in [5.74, 6) is 1.27. The largest absolute Gasteiger partial charge is 0.298 e. The van der Waals surface area contributed by atoms with E-state index in [1.54, 1.807) is 0 Å². The van der Waals surface area contributed by atoms with Crippen molar-refractivity contribution in [3.63, 3.8) is 0 Å². The van der Waals surface area contributed by atoms with Crippen LogP contribution in [-0.2, 0) is 4.79 Å². The van der Waals surface area contributed by atoms with E-state index in [2.05, 4.69) is 18.7 Å². The summed E-state index contributed by atoms with van der Waals surface area (Å²) < 4.78 is 0. The smallest absolute Gasteiger partial charge is 0.149 e. The van der Waals surface area contributed by atoms with Crippen LogP contribution in [0.5, 0.6) is 0 Å². The van der Waals surface area contributed by atoms with Crippen molar-refractivity contribution in [3.8, 4) is 0 Å². The van der Waals surface area contributed by atoms with Crippen LogP contribution in [0.25, 0.3) is 0 Å². The van der Waals surface area contributed by atoms with Crippen LogP contribution in [0, 0.1) is 5.92 Å². The number of hydrogen-bond donors (Lipinski definition) is 0. The zero-order valence-electron chi connectivity index (χ0n) is 9.33. The monoisotopic (exact) mass is 195 g/mol. The fourth-order valence-corrected chi connectivity index (χ4v) is 3.08. The average molecular weight is 195 g/mol. The minimum atomic E-state index is 0.267. The molecule has 0 spiro atoms. The van der Waals surface area contributed by atoms with Gasteiger partial charge in [0.15, 0.2) is 0 Å². The van der Waals surface area contributed by atoms with E-state index in [1.165, 1.54) is 12.8 Å². The van der Waals surface area contributed by atoms with E-state index >= 15 is 0 Å². The lowest BCUT2D eigenvalue weighted by atomic mass is 9.92. The van der Waals surface area contributed by atoms with E-state index in [0.29, 0.717) is 11.8 Å². The second-order valence-electron chi connectivity index (χ2n) is 5.11. The fraction of sp³-hybridized carbons (Fsp3) is 0.917. The van der Waals surface area contributed by atoms with E-state index in [1.807, 2.05) is 0 Å². The van der Waals surface area contributed by atoms with Crippen molar-refractivity contribution in [2.24, 2.45) is 5.92 Å². The molecule has 14 heavy (non-hydrogen) atoms. The van der Waals surface area contributed by atoms with Gasteiger partial charge in [0.25, 0.3) is 0 Å². The number of ketones is 1. The van der Waals surface area contributed by atoms with E-state index in [4.69, 9.17) is 0 Å². The Hall–Kier alpha value is -0.370. The Labute approximate surface area is 86.7 Å². The first-order chi connectivity index (χ1) is 6.68. The summed E-state index contributed by atoms with van der Waals surface area (Å²) in [5, 5.41) is 0. The molecule has 1 aliphatic carbocycles. The third-order valence-corrected chi connectivity index (χ3v) is 3.75. The molecular weight excluding hydrogens is 174 g/mol. The van der Waals surface area contributed by atoms with Crippen LogP contribution >= 0.6 is 0 Å². The van der Waals surface area contributed by atoms with Gasteiger partial charge < -0.3 is 0 Å². The number of carbonyl (C=O) groups excluding carboxylic acids is 1. The highest BCUT2D eigenvalue weighted by atomic mass is 16.1. The Bertz CT molecular complexity index is 226. The molecule has 0 aromatic rings. The number of rotatable bonds is 1. The third-order valence-electron chi connectivity index (χ3n) is 3.75. The van der Waals surface area contributed by atoms with Crippen LogP contribution in [0.2, 0.25) is 0 Å². The molecule has 0 bridgehead atoms. The first-order valence-corrected chi connectivity index (χ1v) is 5.97. The summed E-state index contributed by atoms with van der Waals surface area (Å²) in [6, 6.07) is 0.890. The number of Topliss-reactive ketones (excluding diaryl/α,β-unsaturated/α-hetero) is 1. The maximum Gasteiger partial charge on any atom is 0.149 e. The highest BCUT2D eigenvalue weighted by molar-refractivity contribution is 5.84. The Kier molecular flexibility index (Phi) is 2.91. The standard InChI is InChI=1S/C12H21NO/c1-9-7-10(2)13(8-9)11-5-3-4-6-12(11)14/h9-11H,3-8H2,1-2H3. The average Bonchev–Trinajstić information content (AvgIpc) is 2.46. The van der Waals surface area contributed by atoms with Gasteiger partial charge in [-0.1, -0.05) is 13.3 Å². The number of carbonyl (C=O) groups is 1. The van der Waals surface area contributed by atoms with Crippen molar-refractivity contribution in [3.05, 3.63) is 0 Å². The molecule has 0 N–H and O–H groups in total. The molecule has 3 unspecified atom stereocenters. The molecular formula is C12H21NO. The molecule has 0 amide bonds. The molecule has 80 valence electrons. The molecule has 2 fully saturated rings. The van der Waals surface area contributed by atoms with Crippen molar-refractivity contribution < 1.29 is 4.79 Å². The first kappa shape index (κ1) is 10.2. The molecule has 2 heteroatoms. The van der Waals surface area contributed by atoms with E-state index < -0.39 is 0 Å². The SMILES string of the molecule is CC1CC(C)N(C2CCCCC2=O)C1. The second-order valence-corrected chi connectivity index (χ2v) is 5.11. The van der Waals surface area contributed by atoms with Crippen molar-refractivity contribution in [2.45, 2.75) is 58.0 Å². The van der Waals surface area contributed by atoms with Crippen molar-refractivity contribution in [2.75, 3.05) is 6.54 Å². The molecule has 0 aromatic heterocycles. The molecule has 2 aliphatic rings. The fourth-order valence-electron chi connectivity index (χ4n) is 3.08. The van der Waals surface area contributed by atoms with Gasteiger partial charge in [-0.2, -0.15) is 0 Å². The van der Waals surface area contributed by atoms with Gasteiger partial charge in [0.1, 0.15) is 5.78 Å². The lowest BCUT2D eigenvalue weighted by Crippen LogP contribution is -2.44. The quantitative estimate of drug-likeness (QED) is 0.639. The Morgan fingerprint density at radius 2 is 2.07 bits per heavy atom. The van der Waals surface area contributed by atoms with E-state index in [-0.39, 0.29) is 6.04 Å². The predicted octanol–water partition coefficient (Wildman–Crippen LogP) is 2.23. The molecule has 1 saturated heterocycles. The zero-order chi connectivity index (χ0) is 10.1. The Morgan fingerprint density at radius 3 is 2.64 bits per heavy atom. The molecule has 1 heterocycles. The summed E-state index contributed by atoms with van der Waals surface area (Å²) in [7, 11) is 0. The van der Waals surface area contributed by atoms with Crippen LogP contribution < -0.4 is 0 Å². The van der Waals surface area contributed by atoms with Crippen LogP contribution in [0.4, 0.5) is 0 Å². The maximum absolute atomic E-state index is 11.8. The Balaban J connectivity index is 2.02. The molecule has 1 aliphatic heterocycles. The van der Waals surface area contributed by atoms with Crippen LogP contribution in [0.3, 0.4) is 0 Å². The zero-order valence-corrected chi connectivity index (χ0v) is 9.33. The predicted molar refractivity (Wildman–Crippen MR) is 57.2 cm³/mol.